The van der Waals surface area contributed by atoms with Gasteiger partial charge in [-0.05, 0) is 56.5 Å². The summed E-state index contributed by atoms with van der Waals surface area (Å²) < 4.78 is 0. The van der Waals surface area contributed by atoms with E-state index >= 15 is 0 Å². The van der Waals surface area contributed by atoms with Crippen molar-refractivity contribution in [3.05, 3.63) is 0 Å². The molecule has 2 aliphatic rings. The van der Waals surface area contributed by atoms with Crippen LogP contribution in [-0.2, 0) is 0 Å². The zero-order valence-corrected chi connectivity index (χ0v) is 13.3. The summed E-state index contributed by atoms with van der Waals surface area (Å²) >= 11 is 0. The van der Waals surface area contributed by atoms with Crippen LogP contribution in [0.3, 0.4) is 0 Å². The Kier molecular flexibility index (Phi) is 6.15. The summed E-state index contributed by atoms with van der Waals surface area (Å²) in [6.45, 7) is 12.3. The summed E-state index contributed by atoms with van der Waals surface area (Å²) in [4.78, 5) is 2.72. The summed E-state index contributed by atoms with van der Waals surface area (Å²) in [5, 5.41) is 3.87. The van der Waals surface area contributed by atoms with E-state index in [1.54, 1.807) is 0 Å². The smallest absolute Gasteiger partial charge is 0.0198 e. The second kappa shape index (κ2) is 7.64. The SMILES string of the molecule is CCCCN1CC(NCC2CCC2)CC(C(C)C)C1. The van der Waals surface area contributed by atoms with Crippen molar-refractivity contribution in [1.82, 2.24) is 10.2 Å². The molecule has 1 saturated heterocycles. The normalized spacial score (nSPS) is 29.7. The maximum absolute atomic E-state index is 3.87. The molecule has 1 aliphatic heterocycles. The molecular formula is C17H34N2. The van der Waals surface area contributed by atoms with Crippen molar-refractivity contribution in [2.24, 2.45) is 17.8 Å². The molecule has 112 valence electrons. The highest BCUT2D eigenvalue weighted by molar-refractivity contribution is 4.86. The third-order valence-electron chi connectivity index (χ3n) is 5.25. The standard InChI is InChI=1S/C17H34N2/c1-4-5-9-19-12-16(14(2)3)10-17(13-19)18-11-15-7-6-8-15/h14-18H,4-13H2,1-3H3. The highest BCUT2D eigenvalue weighted by atomic mass is 15.2. The molecule has 0 aromatic heterocycles. The van der Waals surface area contributed by atoms with Gasteiger partial charge in [-0.25, -0.2) is 0 Å². The van der Waals surface area contributed by atoms with Crippen molar-refractivity contribution in [3.63, 3.8) is 0 Å². The van der Waals surface area contributed by atoms with E-state index in [0.717, 1.165) is 23.8 Å². The summed E-state index contributed by atoms with van der Waals surface area (Å²) in [6, 6.07) is 0.749. The van der Waals surface area contributed by atoms with Gasteiger partial charge in [0.2, 0.25) is 0 Å². The predicted octanol–water partition coefficient (Wildman–Crippen LogP) is 3.52. The molecule has 2 heteroatoms. The zero-order chi connectivity index (χ0) is 13.7. The zero-order valence-electron chi connectivity index (χ0n) is 13.3. The Balaban J connectivity index is 1.78. The molecule has 1 saturated carbocycles. The van der Waals surface area contributed by atoms with Crippen LogP contribution in [0, 0.1) is 17.8 Å². The molecule has 2 atom stereocenters. The van der Waals surface area contributed by atoms with E-state index in [9.17, 15) is 0 Å². The monoisotopic (exact) mass is 266 g/mol. The second-order valence-corrected chi connectivity index (χ2v) is 7.26. The van der Waals surface area contributed by atoms with Gasteiger partial charge in [-0.2, -0.15) is 0 Å². The third-order valence-corrected chi connectivity index (χ3v) is 5.25. The first-order valence-corrected chi connectivity index (χ1v) is 8.64. The molecule has 0 bridgehead atoms. The number of unbranched alkanes of at least 4 members (excludes halogenated alkanes) is 1. The Labute approximate surface area is 120 Å². The van der Waals surface area contributed by atoms with Crippen LogP contribution >= 0.6 is 0 Å². The van der Waals surface area contributed by atoms with Gasteiger partial charge < -0.3 is 10.2 Å². The van der Waals surface area contributed by atoms with Crippen molar-refractivity contribution >= 4 is 0 Å². The summed E-state index contributed by atoms with van der Waals surface area (Å²) in [6.07, 6.45) is 8.48. The first-order chi connectivity index (χ1) is 9.19. The Morgan fingerprint density at radius 2 is 2.00 bits per heavy atom. The van der Waals surface area contributed by atoms with Gasteiger partial charge in [0.1, 0.15) is 0 Å². The van der Waals surface area contributed by atoms with Crippen molar-refractivity contribution in [1.29, 1.82) is 0 Å². The highest BCUT2D eigenvalue weighted by Crippen LogP contribution is 2.27. The van der Waals surface area contributed by atoms with Crippen molar-refractivity contribution < 1.29 is 0 Å². The fraction of sp³-hybridized carbons (Fsp3) is 1.00. The molecule has 1 heterocycles. The summed E-state index contributed by atoms with van der Waals surface area (Å²) in [7, 11) is 0. The third kappa shape index (κ3) is 4.75. The molecule has 0 radical (unpaired) electrons. The maximum Gasteiger partial charge on any atom is 0.0198 e. The van der Waals surface area contributed by atoms with Crippen LogP contribution in [0.4, 0.5) is 0 Å². The van der Waals surface area contributed by atoms with E-state index in [1.807, 2.05) is 0 Å². The van der Waals surface area contributed by atoms with Crippen LogP contribution in [0.2, 0.25) is 0 Å². The van der Waals surface area contributed by atoms with Gasteiger partial charge in [-0.15, -0.1) is 0 Å². The molecule has 1 aliphatic carbocycles. The van der Waals surface area contributed by atoms with Crippen molar-refractivity contribution in [2.45, 2.75) is 65.3 Å². The molecule has 2 fully saturated rings. The highest BCUT2D eigenvalue weighted by Gasteiger charge is 2.29. The first-order valence-electron chi connectivity index (χ1n) is 8.64. The average molecular weight is 266 g/mol. The second-order valence-electron chi connectivity index (χ2n) is 7.26. The Bertz CT molecular complexity index is 248. The van der Waals surface area contributed by atoms with Gasteiger partial charge in [-0.1, -0.05) is 33.6 Å². The molecule has 2 nitrogen and oxygen atoms in total. The lowest BCUT2D eigenvalue weighted by Crippen LogP contribution is -2.51. The number of nitrogens with one attached hydrogen (secondary N) is 1. The van der Waals surface area contributed by atoms with E-state index in [0.29, 0.717) is 0 Å². The van der Waals surface area contributed by atoms with Gasteiger partial charge in [0.25, 0.3) is 0 Å². The van der Waals surface area contributed by atoms with Gasteiger partial charge in [0.05, 0.1) is 0 Å². The van der Waals surface area contributed by atoms with E-state index in [2.05, 4.69) is 31.0 Å². The van der Waals surface area contributed by atoms with Crippen LogP contribution in [-0.4, -0.2) is 37.1 Å². The Hall–Kier alpha value is -0.0800. The lowest BCUT2D eigenvalue weighted by atomic mass is 9.83. The van der Waals surface area contributed by atoms with Crippen molar-refractivity contribution in [3.8, 4) is 0 Å². The lowest BCUT2D eigenvalue weighted by Gasteiger charge is -2.41. The molecular weight excluding hydrogens is 232 g/mol. The van der Waals surface area contributed by atoms with Crippen LogP contribution < -0.4 is 5.32 Å². The minimum atomic E-state index is 0.749. The van der Waals surface area contributed by atoms with Gasteiger partial charge in [0, 0.05) is 19.1 Å². The maximum atomic E-state index is 3.87. The molecule has 0 aromatic rings. The van der Waals surface area contributed by atoms with Gasteiger partial charge in [0.15, 0.2) is 0 Å². The molecule has 0 aromatic carbocycles. The number of hydrogen-bond acceptors (Lipinski definition) is 2. The molecule has 2 unspecified atom stereocenters. The first kappa shape index (κ1) is 15.3. The fourth-order valence-electron chi connectivity index (χ4n) is 3.46. The fourth-order valence-corrected chi connectivity index (χ4v) is 3.46. The van der Waals surface area contributed by atoms with Crippen LogP contribution in [0.25, 0.3) is 0 Å². The number of nitrogens with zero attached hydrogens (tertiary/aromatic N) is 1. The average Bonchev–Trinajstić information content (AvgIpc) is 2.34. The summed E-state index contributed by atoms with van der Waals surface area (Å²) in [5.41, 5.74) is 0. The van der Waals surface area contributed by atoms with Gasteiger partial charge >= 0.3 is 0 Å². The van der Waals surface area contributed by atoms with Crippen molar-refractivity contribution in [2.75, 3.05) is 26.2 Å². The molecule has 19 heavy (non-hydrogen) atoms. The predicted molar refractivity (Wildman–Crippen MR) is 83.4 cm³/mol. The molecule has 0 amide bonds. The lowest BCUT2D eigenvalue weighted by molar-refractivity contribution is 0.110. The number of rotatable bonds is 7. The number of hydrogen-bond donors (Lipinski definition) is 1. The minimum Gasteiger partial charge on any atom is -0.312 e. The van der Waals surface area contributed by atoms with E-state index in [1.165, 1.54) is 64.7 Å². The van der Waals surface area contributed by atoms with Crippen LogP contribution in [0.1, 0.15) is 59.3 Å². The van der Waals surface area contributed by atoms with Crippen LogP contribution in [0.15, 0.2) is 0 Å². The van der Waals surface area contributed by atoms with Crippen LogP contribution in [0.5, 0.6) is 0 Å². The van der Waals surface area contributed by atoms with E-state index < -0.39 is 0 Å². The number of piperidine rings is 1. The Morgan fingerprint density at radius 1 is 1.21 bits per heavy atom. The summed E-state index contributed by atoms with van der Waals surface area (Å²) in [5.74, 6) is 2.71. The largest absolute Gasteiger partial charge is 0.312 e. The van der Waals surface area contributed by atoms with Gasteiger partial charge in [-0.3, -0.25) is 0 Å². The van der Waals surface area contributed by atoms with E-state index in [4.69, 9.17) is 0 Å². The molecule has 1 N–H and O–H groups in total. The Morgan fingerprint density at radius 3 is 2.58 bits per heavy atom. The number of likely N-dealkylation sites (tertiary alicyclic amines) is 1. The minimum absolute atomic E-state index is 0.749. The van der Waals surface area contributed by atoms with E-state index in [-0.39, 0.29) is 0 Å². The topological polar surface area (TPSA) is 15.3 Å². The molecule has 2 rings (SSSR count). The molecule has 0 spiro atoms. The quantitative estimate of drug-likeness (QED) is 0.758.